The third kappa shape index (κ3) is 2.25. The van der Waals surface area contributed by atoms with Gasteiger partial charge in [0.05, 0.1) is 6.54 Å². The molecule has 1 unspecified atom stereocenters. The summed E-state index contributed by atoms with van der Waals surface area (Å²) >= 11 is 0. The normalized spacial score (nSPS) is 28.2. The Balaban J connectivity index is 0.000000845. The van der Waals surface area contributed by atoms with Crippen LogP contribution in [0.2, 0.25) is 0 Å². The van der Waals surface area contributed by atoms with Crippen molar-refractivity contribution in [2.75, 3.05) is 26.2 Å². The van der Waals surface area contributed by atoms with Crippen LogP contribution >= 0.6 is 12.4 Å². The van der Waals surface area contributed by atoms with Crippen LogP contribution in [0, 0.1) is 0 Å². The zero-order valence-corrected chi connectivity index (χ0v) is 8.31. The predicted octanol–water partition coefficient (Wildman–Crippen LogP) is 0.612. The minimum Gasteiger partial charge on any atom is -0.448 e. The summed E-state index contributed by atoms with van der Waals surface area (Å²) in [6, 6.07) is 0.369. The maximum Gasteiger partial charge on any atom is 0.410 e. The number of ether oxygens (including phenoxy) is 1. The maximum atomic E-state index is 11.1. The fourth-order valence-electron chi connectivity index (χ4n) is 1.84. The highest BCUT2D eigenvalue weighted by Crippen LogP contribution is 2.14. The standard InChI is InChI=1S/C8H14N2O2.ClH/c11-8-10(4-5-12-8)7-2-1-3-9-6-7;/h7,9H,1-6H2;1H. The Morgan fingerprint density at radius 2 is 2.38 bits per heavy atom. The van der Waals surface area contributed by atoms with Crippen molar-refractivity contribution in [3.63, 3.8) is 0 Å². The third-order valence-corrected chi connectivity index (χ3v) is 2.50. The lowest BCUT2D eigenvalue weighted by atomic mass is 10.1. The number of halogens is 1. The zero-order chi connectivity index (χ0) is 8.39. The first kappa shape index (κ1) is 10.6. The van der Waals surface area contributed by atoms with Crippen molar-refractivity contribution in [3.8, 4) is 0 Å². The van der Waals surface area contributed by atoms with E-state index in [4.69, 9.17) is 4.74 Å². The molecule has 4 nitrogen and oxygen atoms in total. The Bertz CT molecular complexity index is 183. The van der Waals surface area contributed by atoms with Gasteiger partial charge in [0, 0.05) is 12.6 Å². The molecule has 0 aromatic heterocycles. The van der Waals surface area contributed by atoms with E-state index in [0.29, 0.717) is 12.6 Å². The largest absolute Gasteiger partial charge is 0.448 e. The average Bonchev–Trinajstić information content (AvgIpc) is 2.53. The molecule has 1 atom stereocenters. The van der Waals surface area contributed by atoms with E-state index in [1.165, 1.54) is 0 Å². The summed E-state index contributed by atoms with van der Waals surface area (Å²) in [5, 5.41) is 3.28. The van der Waals surface area contributed by atoms with Crippen molar-refractivity contribution in [2.45, 2.75) is 18.9 Å². The number of carbonyl (C=O) groups is 1. The Morgan fingerprint density at radius 3 is 2.92 bits per heavy atom. The van der Waals surface area contributed by atoms with Crippen LogP contribution in [0.5, 0.6) is 0 Å². The fraction of sp³-hybridized carbons (Fsp3) is 0.875. The van der Waals surface area contributed by atoms with Crippen LogP contribution in [-0.2, 0) is 4.74 Å². The molecule has 1 amide bonds. The van der Waals surface area contributed by atoms with Gasteiger partial charge in [-0.25, -0.2) is 4.79 Å². The summed E-state index contributed by atoms with van der Waals surface area (Å²) in [6.45, 7) is 3.34. The molecule has 1 N–H and O–H groups in total. The Labute approximate surface area is 84.0 Å². The highest BCUT2D eigenvalue weighted by molar-refractivity contribution is 5.85. The molecule has 76 valence electrons. The van der Waals surface area contributed by atoms with Gasteiger partial charge in [0.2, 0.25) is 0 Å². The van der Waals surface area contributed by atoms with Crippen LogP contribution in [0.3, 0.4) is 0 Å². The number of piperidine rings is 1. The van der Waals surface area contributed by atoms with Gasteiger partial charge in [-0.3, -0.25) is 0 Å². The highest BCUT2D eigenvalue weighted by atomic mass is 35.5. The lowest BCUT2D eigenvalue weighted by molar-refractivity contribution is 0.141. The first-order valence-electron chi connectivity index (χ1n) is 4.52. The van der Waals surface area contributed by atoms with Crippen molar-refractivity contribution in [1.29, 1.82) is 0 Å². The van der Waals surface area contributed by atoms with Gasteiger partial charge < -0.3 is 15.0 Å². The predicted molar refractivity (Wildman–Crippen MR) is 51.2 cm³/mol. The molecule has 0 radical (unpaired) electrons. The number of nitrogens with zero attached hydrogens (tertiary/aromatic N) is 1. The van der Waals surface area contributed by atoms with Gasteiger partial charge in [0.25, 0.3) is 0 Å². The monoisotopic (exact) mass is 206 g/mol. The molecular weight excluding hydrogens is 192 g/mol. The molecule has 0 aromatic carbocycles. The Morgan fingerprint density at radius 1 is 1.54 bits per heavy atom. The molecular formula is C8H15ClN2O2. The van der Waals surface area contributed by atoms with Crippen LogP contribution in [0.15, 0.2) is 0 Å². The number of hydrogen-bond donors (Lipinski definition) is 1. The van der Waals surface area contributed by atoms with Gasteiger partial charge in [0.15, 0.2) is 0 Å². The molecule has 0 aromatic rings. The molecule has 2 aliphatic heterocycles. The van der Waals surface area contributed by atoms with Crippen molar-refractivity contribution < 1.29 is 9.53 Å². The van der Waals surface area contributed by atoms with Gasteiger partial charge in [-0.05, 0) is 19.4 Å². The third-order valence-electron chi connectivity index (χ3n) is 2.50. The quantitative estimate of drug-likeness (QED) is 0.684. The summed E-state index contributed by atoms with van der Waals surface area (Å²) < 4.78 is 4.88. The minimum absolute atomic E-state index is 0. The van der Waals surface area contributed by atoms with Crippen LogP contribution in [0.4, 0.5) is 4.79 Å². The van der Waals surface area contributed by atoms with Crippen molar-refractivity contribution >= 4 is 18.5 Å². The molecule has 2 aliphatic rings. The van der Waals surface area contributed by atoms with Gasteiger partial charge >= 0.3 is 6.09 Å². The van der Waals surface area contributed by atoms with E-state index in [1.807, 2.05) is 4.90 Å². The lowest BCUT2D eigenvalue weighted by Gasteiger charge is -2.29. The first-order valence-corrected chi connectivity index (χ1v) is 4.52. The van der Waals surface area contributed by atoms with Crippen molar-refractivity contribution in [2.24, 2.45) is 0 Å². The fourth-order valence-corrected chi connectivity index (χ4v) is 1.84. The first-order chi connectivity index (χ1) is 5.88. The summed E-state index contributed by atoms with van der Waals surface area (Å²) in [5.41, 5.74) is 0. The molecule has 5 heteroatoms. The van der Waals surface area contributed by atoms with E-state index in [2.05, 4.69) is 5.32 Å². The molecule has 13 heavy (non-hydrogen) atoms. The number of hydrogen-bond acceptors (Lipinski definition) is 3. The van der Waals surface area contributed by atoms with Crippen molar-refractivity contribution in [1.82, 2.24) is 10.2 Å². The molecule has 2 rings (SSSR count). The van der Waals surface area contributed by atoms with E-state index in [0.717, 1.165) is 32.5 Å². The second-order valence-electron chi connectivity index (χ2n) is 3.31. The topological polar surface area (TPSA) is 41.6 Å². The molecule has 2 heterocycles. The van der Waals surface area contributed by atoms with Crippen LogP contribution in [0.1, 0.15) is 12.8 Å². The minimum atomic E-state index is -0.135. The molecule has 0 saturated carbocycles. The highest BCUT2D eigenvalue weighted by Gasteiger charge is 2.30. The second kappa shape index (κ2) is 4.67. The smallest absolute Gasteiger partial charge is 0.410 e. The molecule has 2 saturated heterocycles. The molecule has 0 aliphatic carbocycles. The second-order valence-corrected chi connectivity index (χ2v) is 3.31. The van der Waals surface area contributed by atoms with E-state index in [1.54, 1.807) is 0 Å². The van der Waals surface area contributed by atoms with E-state index in [9.17, 15) is 4.79 Å². The van der Waals surface area contributed by atoms with Crippen LogP contribution in [-0.4, -0.2) is 43.3 Å². The number of cyclic esters (lactones) is 1. The summed E-state index contributed by atoms with van der Waals surface area (Å²) in [7, 11) is 0. The Hall–Kier alpha value is -0.480. The zero-order valence-electron chi connectivity index (χ0n) is 7.49. The summed E-state index contributed by atoms with van der Waals surface area (Å²) in [4.78, 5) is 13.0. The molecule has 2 fully saturated rings. The average molecular weight is 207 g/mol. The number of carbonyl (C=O) groups excluding carboxylic acids is 1. The van der Waals surface area contributed by atoms with Gasteiger partial charge in [-0.2, -0.15) is 0 Å². The maximum absolute atomic E-state index is 11.1. The van der Waals surface area contributed by atoms with Crippen LogP contribution < -0.4 is 5.32 Å². The number of nitrogens with one attached hydrogen (secondary N) is 1. The van der Waals surface area contributed by atoms with Crippen molar-refractivity contribution in [3.05, 3.63) is 0 Å². The van der Waals surface area contributed by atoms with Gasteiger partial charge in [-0.15, -0.1) is 12.4 Å². The van der Waals surface area contributed by atoms with Gasteiger partial charge in [-0.1, -0.05) is 0 Å². The van der Waals surface area contributed by atoms with Gasteiger partial charge in [0.1, 0.15) is 6.61 Å². The summed E-state index contributed by atoms with van der Waals surface area (Å²) in [6.07, 6.45) is 2.14. The van der Waals surface area contributed by atoms with Crippen LogP contribution in [0.25, 0.3) is 0 Å². The SMILES string of the molecule is Cl.O=C1OCCN1C1CCCNC1. The van der Waals surface area contributed by atoms with E-state index in [-0.39, 0.29) is 18.5 Å². The molecule has 0 spiro atoms. The lowest BCUT2D eigenvalue weighted by Crippen LogP contribution is -2.46. The molecule has 0 bridgehead atoms. The number of rotatable bonds is 1. The summed E-state index contributed by atoms with van der Waals surface area (Å²) in [5.74, 6) is 0. The Kier molecular flexibility index (Phi) is 3.81. The van der Waals surface area contributed by atoms with E-state index < -0.39 is 0 Å². The number of amides is 1. The van der Waals surface area contributed by atoms with E-state index >= 15 is 0 Å².